The van der Waals surface area contributed by atoms with Crippen LogP contribution in [0.15, 0.2) is 77.7 Å². The van der Waals surface area contributed by atoms with Crippen molar-refractivity contribution in [1.29, 1.82) is 0 Å². The van der Waals surface area contributed by atoms with Crippen LogP contribution < -0.4 is 14.2 Å². The SMILES string of the molecule is COCCN(Cc1ccccc1)C(=O)c1cccc(NS(=O)(=O)c2ccc3c(c2)OCCO3)c1. The summed E-state index contributed by atoms with van der Waals surface area (Å²) in [6.07, 6.45) is 0. The number of nitrogens with zero attached hydrogens (tertiary/aromatic N) is 1. The van der Waals surface area contributed by atoms with E-state index in [2.05, 4.69) is 4.72 Å². The number of anilines is 1. The highest BCUT2D eigenvalue weighted by atomic mass is 32.2. The van der Waals surface area contributed by atoms with Crippen LogP contribution in [0.2, 0.25) is 0 Å². The zero-order chi connectivity index (χ0) is 24.0. The molecule has 0 saturated heterocycles. The normalized spacial score (nSPS) is 12.7. The molecule has 1 heterocycles. The van der Waals surface area contributed by atoms with E-state index in [-0.39, 0.29) is 16.5 Å². The highest BCUT2D eigenvalue weighted by Crippen LogP contribution is 2.32. The molecule has 178 valence electrons. The van der Waals surface area contributed by atoms with Crippen LogP contribution in [0.1, 0.15) is 15.9 Å². The lowest BCUT2D eigenvalue weighted by atomic mass is 10.1. The summed E-state index contributed by atoms with van der Waals surface area (Å²) in [6, 6.07) is 20.5. The van der Waals surface area contributed by atoms with Crippen molar-refractivity contribution in [2.24, 2.45) is 0 Å². The maximum Gasteiger partial charge on any atom is 0.262 e. The molecule has 0 aromatic heterocycles. The highest BCUT2D eigenvalue weighted by Gasteiger charge is 2.21. The Morgan fingerprint density at radius 3 is 2.50 bits per heavy atom. The Labute approximate surface area is 199 Å². The van der Waals surface area contributed by atoms with E-state index >= 15 is 0 Å². The maximum atomic E-state index is 13.3. The van der Waals surface area contributed by atoms with Gasteiger partial charge in [-0.3, -0.25) is 9.52 Å². The van der Waals surface area contributed by atoms with E-state index < -0.39 is 10.0 Å². The molecule has 3 aromatic carbocycles. The summed E-state index contributed by atoms with van der Waals surface area (Å²) >= 11 is 0. The summed E-state index contributed by atoms with van der Waals surface area (Å²) in [7, 11) is -2.32. The van der Waals surface area contributed by atoms with Gasteiger partial charge in [-0.1, -0.05) is 36.4 Å². The van der Waals surface area contributed by atoms with Crippen molar-refractivity contribution < 1.29 is 27.4 Å². The average Bonchev–Trinajstić information content (AvgIpc) is 2.86. The number of carbonyl (C=O) groups excluding carboxylic acids is 1. The molecule has 0 bridgehead atoms. The zero-order valence-corrected chi connectivity index (χ0v) is 19.6. The number of methoxy groups -OCH3 is 1. The average molecular weight is 483 g/mol. The van der Waals surface area contributed by atoms with Crippen molar-refractivity contribution in [2.45, 2.75) is 11.4 Å². The van der Waals surface area contributed by atoms with E-state index in [1.54, 1.807) is 36.3 Å². The van der Waals surface area contributed by atoms with E-state index in [4.69, 9.17) is 14.2 Å². The number of rotatable bonds is 9. The Kier molecular flexibility index (Phi) is 7.34. The van der Waals surface area contributed by atoms with Crippen LogP contribution in [-0.2, 0) is 21.3 Å². The van der Waals surface area contributed by atoms with Gasteiger partial charge >= 0.3 is 0 Å². The zero-order valence-electron chi connectivity index (χ0n) is 18.8. The minimum atomic E-state index is -3.90. The fourth-order valence-corrected chi connectivity index (χ4v) is 4.63. The quantitative estimate of drug-likeness (QED) is 0.501. The van der Waals surface area contributed by atoms with E-state index in [0.717, 1.165) is 5.56 Å². The second-order valence-electron chi connectivity index (χ2n) is 7.70. The number of carbonyl (C=O) groups is 1. The van der Waals surface area contributed by atoms with Gasteiger partial charge in [-0.25, -0.2) is 8.42 Å². The van der Waals surface area contributed by atoms with Crippen molar-refractivity contribution in [3.05, 3.63) is 83.9 Å². The van der Waals surface area contributed by atoms with E-state index in [0.29, 0.717) is 50.0 Å². The molecule has 1 aliphatic heterocycles. The Morgan fingerprint density at radius 2 is 1.74 bits per heavy atom. The predicted octanol–water partition coefficient (Wildman–Crippen LogP) is 3.55. The van der Waals surface area contributed by atoms with Crippen molar-refractivity contribution in [3.8, 4) is 11.5 Å². The van der Waals surface area contributed by atoms with Gasteiger partial charge in [0.05, 0.1) is 11.5 Å². The topological polar surface area (TPSA) is 94.2 Å². The molecule has 0 saturated carbocycles. The molecule has 0 atom stereocenters. The summed E-state index contributed by atoms with van der Waals surface area (Å²) in [6.45, 7) is 1.98. The standard InChI is InChI=1S/C25H26N2O6S/c1-31-13-12-27(18-19-6-3-2-4-7-19)25(28)20-8-5-9-21(16-20)26-34(29,30)22-10-11-23-24(17-22)33-15-14-32-23/h2-11,16-17,26H,12-15,18H2,1H3. The van der Waals surface area contributed by atoms with Crippen LogP contribution >= 0.6 is 0 Å². The number of benzene rings is 3. The lowest BCUT2D eigenvalue weighted by Crippen LogP contribution is -2.33. The van der Waals surface area contributed by atoms with Crippen LogP contribution in [0.5, 0.6) is 11.5 Å². The molecule has 1 aliphatic rings. The Bertz CT molecular complexity index is 1250. The van der Waals surface area contributed by atoms with Crippen molar-refractivity contribution in [2.75, 3.05) is 38.2 Å². The first-order valence-electron chi connectivity index (χ1n) is 10.8. The molecule has 0 spiro atoms. The first-order valence-corrected chi connectivity index (χ1v) is 12.3. The van der Waals surface area contributed by atoms with Gasteiger partial charge in [0.15, 0.2) is 11.5 Å². The van der Waals surface area contributed by atoms with E-state index in [1.807, 2.05) is 30.3 Å². The van der Waals surface area contributed by atoms with Gasteiger partial charge < -0.3 is 19.1 Å². The second-order valence-corrected chi connectivity index (χ2v) is 9.38. The van der Waals surface area contributed by atoms with Gasteiger partial charge in [-0.2, -0.15) is 0 Å². The van der Waals surface area contributed by atoms with E-state index in [1.165, 1.54) is 18.2 Å². The molecule has 3 aromatic rings. The molecule has 8 nitrogen and oxygen atoms in total. The minimum absolute atomic E-state index is 0.0410. The van der Waals surface area contributed by atoms with E-state index in [9.17, 15) is 13.2 Å². The third-order valence-electron chi connectivity index (χ3n) is 5.25. The molecule has 0 radical (unpaired) electrons. The minimum Gasteiger partial charge on any atom is -0.486 e. The molecular formula is C25H26N2O6S. The van der Waals surface area contributed by atoms with Crippen LogP contribution in [-0.4, -0.2) is 52.7 Å². The summed E-state index contributed by atoms with van der Waals surface area (Å²) in [5.41, 5.74) is 1.64. The van der Waals surface area contributed by atoms with Gasteiger partial charge in [0.2, 0.25) is 0 Å². The molecule has 1 amide bonds. The summed E-state index contributed by atoms with van der Waals surface area (Å²) in [5.74, 6) is 0.668. The number of hydrogen-bond acceptors (Lipinski definition) is 6. The maximum absolute atomic E-state index is 13.3. The summed E-state index contributed by atoms with van der Waals surface area (Å²) in [4.78, 5) is 15.0. The number of hydrogen-bond donors (Lipinski definition) is 1. The van der Waals surface area contributed by atoms with Crippen LogP contribution in [0.25, 0.3) is 0 Å². The van der Waals surface area contributed by atoms with Gasteiger partial charge in [-0.15, -0.1) is 0 Å². The van der Waals surface area contributed by atoms with Gasteiger partial charge in [0.1, 0.15) is 13.2 Å². The van der Waals surface area contributed by atoms with Crippen LogP contribution in [0, 0.1) is 0 Å². The lowest BCUT2D eigenvalue weighted by Gasteiger charge is -2.23. The number of amides is 1. The summed E-state index contributed by atoms with van der Waals surface area (Å²) in [5, 5.41) is 0. The molecular weight excluding hydrogens is 456 g/mol. The largest absolute Gasteiger partial charge is 0.486 e. The Balaban J connectivity index is 1.53. The fourth-order valence-electron chi connectivity index (χ4n) is 3.56. The smallest absolute Gasteiger partial charge is 0.262 e. The van der Waals surface area contributed by atoms with Crippen molar-refractivity contribution in [3.63, 3.8) is 0 Å². The lowest BCUT2D eigenvalue weighted by molar-refractivity contribution is 0.0680. The summed E-state index contributed by atoms with van der Waals surface area (Å²) < 4.78 is 44.6. The molecule has 1 N–H and O–H groups in total. The third-order valence-corrected chi connectivity index (χ3v) is 6.63. The van der Waals surface area contributed by atoms with Gasteiger partial charge in [0.25, 0.3) is 15.9 Å². The highest BCUT2D eigenvalue weighted by molar-refractivity contribution is 7.92. The van der Waals surface area contributed by atoms with Crippen molar-refractivity contribution in [1.82, 2.24) is 4.90 Å². The Hall–Kier alpha value is -3.56. The first-order chi connectivity index (χ1) is 16.5. The molecule has 9 heteroatoms. The monoisotopic (exact) mass is 482 g/mol. The molecule has 4 rings (SSSR count). The molecule has 0 unspecified atom stereocenters. The van der Waals surface area contributed by atoms with Crippen LogP contribution in [0.3, 0.4) is 0 Å². The number of sulfonamides is 1. The predicted molar refractivity (Wildman–Crippen MR) is 128 cm³/mol. The fraction of sp³-hybridized carbons (Fsp3) is 0.240. The number of nitrogens with one attached hydrogen (secondary N) is 1. The first kappa shape index (κ1) is 23.6. The van der Waals surface area contributed by atoms with Gasteiger partial charge in [0, 0.05) is 37.5 Å². The number of fused-ring (bicyclic) bond motifs is 1. The second kappa shape index (κ2) is 10.6. The number of ether oxygens (including phenoxy) is 3. The molecule has 0 aliphatic carbocycles. The molecule has 0 fully saturated rings. The molecule has 34 heavy (non-hydrogen) atoms. The van der Waals surface area contributed by atoms with Crippen molar-refractivity contribution >= 4 is 21.6 Å². The Morgan fingerprint density at radius 1 is 0.971 bits per heavy atom. The van der Waals surface area contributed by atoms with Crippen LogP contribution in [0.4, 0.5) is 5.69 Å². The van der Waals surface area contributed by atoms with Gasteiger partial charge in [-0.05, 0) is 35.9 Å². The third kappa shape index (κ3) is 5.67.